The fraction of sp³-hybridized carbons (Fsp3) is 0.375. The first-order valence-electron chi connectivity index (χ1n) is 6.68. The number of halogens is 1. The zero-order chi connectivity index (χ0) is 15.1. The summed E-state index contributed by atoms with van der Waals surface area (Å²) in [6.45, 7) is 5.38. The second-order valence-corrected chi connectivity index (χ2v) is 4.46. The molecule has 4 heteroatoms. The topological polar surface area (TPSA) is 43.4 Å². The molecule has 0 saturated heterocycles. The Kier molecular flexibility index (Phi) is 6.10. The van der Waals surface area contributed by atoms with Gasteiger partial charge in [0.1, 0.15) is 0 Å². The summed E-state index contributed by atoms with van der Waals surface area (Å²) in [6.07, 6.45) is 0.775. The summed E-state index contributed by atoms with van der Waals surface area (Å²) in [5.74, 6) is -2.62. The third kappa shape index (κ3) is 4.02. The predicted molar refractivity (Wildman–Crippen MR) is 75.2 cm³/mol. The number of Topliss-reactive ketones (excluding diaryl/α,β-unsaturated/α-hetero) is 1. The van der Waals surface area contributed by atoms with Gasteiger partial charge in [-0.15, -0.1) is 0 Å². The van der Waals surface area contributed by atoms with E-state index in [1.807, 2.05) is 13.8 Å². The number of hydrogen-bond acceptors (Lipinski definition) is 3. The number of rotatable bonds is 6. The lowest BCUT2D eigenvalue weighted by atomic mass is 9.98. The molecule has 0 heterocycles. The monoisotopic (exact) mass is 278 g/mol. The van der Waals surface area contributed by atoms with Crippen molar-refractivity contribution in [3.05, 3.63) is 46.8 Å². The van der Waals surface area contributed by atoms with Crippen molar-refractivity contribution >= 4 is 11.8 Å². The van der Waals surface area contributed by atoms with Crippen LogP contribution in [-0.4, -0.2) is 18.4 Å². The van der Waals surface area contributed by atoms with Crippen LogP contribution >= 0.6 is 0 Å². The smallest absolute Gasteiger partial charge is 0.367 e. The quantitative estimate of drug-likeness (QED) is 0.452. The van der Waals surface area contributed by atoms with Gasteiger partial charge in [0.2, 0.25) is 5.83 Å². The standard InChI is InChI=1S/C16H19FO3/c1-4-6-13(14(17)16(19)20-5-2)15(18)12-9-7-11(3)8-10-12/h7-10H,4-6H2,1-3H3/b14-13+. The van der Waals surface area contributed by atoms with Crippen LogP contribution in [0.1, 0.15) is 42.6 Å². The highest BCUT2D eigenvalue weighted by Gasteiger charge is 2.22. The number of carbonyl (C=O) groups excluding carboxylic acids is 2. The average molecular weight is 278 g/mol. The number of ether oxygens (including phenoxy) is 1. The van der Waals surface area contributed by atoms with Crippen molar-refractivity contribution in [1.29, 1.82) is 0 Å². The molecule has 0 aliphatic rings. The van der Waals surface area contributed by atoms with Crippen LogP contribution < -0.4 is 0 Å². The summed E-state index contributed by atoms with van der Waals surface area (Å²) in [4.78, 5) is 23.7. The molecule has 0 aliphatic carbocycles. The molecule has 3 nitrogen and oxygen atoms in total. The van der Waals surface area contributed by atoms with Crippen LogP contribution in [0, 0.1) is 6.92 Å². The maximum atomic E-state index is 14.0. The van der Waals surface area contributed by atoms with Gasteiger partial charge in [-0.3, -0.25) is 4.79 Å². The molecule has 20 heavy (non-hydrogen) atoms. The van der Waals surface area contributed by atoms with E-state index in [1.54, 1.807) is 31.2 Å². The fourth-order valence-electron chi connectivity index (χ4n) is 1.77. The number of hydrogen-bond donors (Lipinski definition) is 0. The van der Waals surface area contributed by atoms with Crippen molar-refractivity contribution in [3.8, 4) is 0 Å². The van der Waals surface area contributed by atoms with Gasteiger partial charge >= 0.3 is 5.97 Å². The van der Waals surface area contributed by atoms with Crippen molar-refractivity contribution in [3.63, 3.8) is 0 Å². The zero-order valence-electron chi connectivity index (χ0n) is 12.0. The number of ketones is 1. The Labute approximate surface area is 118 Å². The van der Waals surface area contributed by atoms with E-state index in [0.717, 1.165) is 5.56 Å². The molecule has 108 valence electrons. The molecule has 1 aromatic rings. The van der Waals surface area contributed by atoms with Gasteiger partial charge in [0.05, 0.1) is 6.61 Å². The molecule has 0 amide bonds. The highest BCUT2D eigenvalue weighted by molar-refractivity contribution is 6.12. The zero-order valence-corrected chi connectivity index (χ0v) is 12.0. The van der Waals surface area contributed by atoms with Crippen molar-refractivity contribution in [2.75, 3.05) is 6.61 Å². The summed E-state index contributed by atoms with van der Waals surface area (Å²) in [5, 5.41) is 0. The minimum Gasteiger partial charge on any atom is -0.461 e. The van der Waals surface area contributed by atoms with Crippen LogP contribution in [0.4, 0.5) is 4.39 Å². The van der Waals surface area contributed by atoms with Crippen LogP contribution in [0.5, 0.6) is 0 Å². The molecule has 1 rings (SSSR count). The molecule has 0 saturated carbocycles. The fourth-order valence-corrected chi connectivity index (χ4v) is 1.77. The summed E-state index contributed by atoms with van der Waals surface area (Å²) in [6, 6.07) is 6.82. The minimum absolute atomic E-state index is 0.0738. The van der Waals surface area contributed by atoms with Crippen molar-refractivity contribution < 1.29 is 18.7 Å². The molecule has 0 bridgehead atoms. The van der Waals surface area contributed by atoms with Gasteiger partial charge in [-0.25, -0.2) is 4.79 Å². The molecule has 0 aliphatic heterocycles. The first-order valence-corrected chi connectivity index (χ1v) is 6.68. The summed E-state index contributed by atoms with van der Waals surface area (Å²) in [5.41, 5.74) is 1.27. The van der Waals surface area contributed by atoms with Crippen LogP contribution in [0.15, 0.2) is 35.7 Å². The lowest BCUT2D eigenvalue weighted by Crippen LogP contribution is -2.12. The van der Waals surface area contributed by atoms with Crippen LogP contribution in [0.3, 0.4) is 0 Å². The number of benzene rings is 1. The SMILES string of the molecule is CCC/C(C(=O)c1ccc(C)cc1)=C(\F)C(=O)OCC. The van der Waals surface area contributed by atoms with Crippen LogP contribution in [0.25, 0.3) is 0 Å². The molecule has 0 atom stereocenters. The van der Waals surface area contributed by atoms with Crippen molar-refractivity contribution in [1.82, 2.24) is 0 Å². The van der Waals surface area contributed by atoms with E-state index in [9.17, 15) is 14.0 Å². The van der Waals surface area contributed by atoms with Crippen molar-refractivity contribution in [2.45, 2.75) is 33.6 Å². The van der Waals surface area contributed by atoms with Gasteiger partial charge < -0.3 is 4.74 Å². The Morgan fingerprint density at radius 2 is 1.75 bits per heavy atom. The Bertz CT molecular complexity index is 515. The number of carbonyl (C=O) groups is 2. The van der Waals surface area contributed by atoms with Gasteiger partial charge in [-0.2, -0.15) is 4.39 Å². The van der Waals surface area contributed by atoms with E-state index in [0.29, 0.717) is 12.0 Å². The normalized spacial score (nSPS) is 11.8. The molecular formula is C16H19FO3. The Hall–Kier alpha value is -1.97. The molecule has 0 fully saturated rings. The average Bonchev–Trinajstić information content (AvgIpc) is 2.44. The molecule has 0 spiro atoms. The van der Waals surface area contributed by atoms with E-state index in [1.165, 1.54) is 0 Å². The maximum absolute atomic E-state index is 14.0. The number of esters is 1. The molecule has 0 aromatic heterocycles. The molecular weight excluding hydrogens is 259 g/mol. The largest absolute Gasteiger partial charge is 0.461 e. The Balaban J connectivity index is 3.12. The third-order valence-corrected chi connectivity index (χ3v) is 2.81. The second kappa shape index (κ2) is 7.58. The summed E-state index contributed by atoms with van der Waals surface area (Å²) < 4.78 is 18.6. The highest BCUT2D eigenvalue weighted by Crippen LogP contribution is 2.20. The van der Waals surface area contributed by atoms with Crippen LogP contribution in [0.2, 0.25) is 0 Å². The van der Waals surface area contributed by atoms with E-state index in [2.05, 4.69) is 4.74 Å². The summed E-state index contributed by atoms with van der Waals surface area (Å²) >= 11 is 0. The Morgan fingerprint density at radius 3 is 2.25 bits per heavy atom. The highest BCUT2D eigenvalue weighted by atomic mass is 19.1. The second-order valence-electron chi connectivity index (χ2n) is 4.46. The Morgan fingerprint density at radius 1 is 1.15 bits per heavy atom. The first kappa shape index (κ1) is 16.1. The molecule has 0 N–H and O–H groups in total. The predicted octanol–water partition coefficient (Wildman–Crippen LogP) is 3.76. The molecule has 0 unspecified atom stereocenters. The van der Waals surface area contributed by atoms with Gasteiger partial charge in [0.15, 0.2) is 5.78 Å². The van der Waals surface area contributed by atoms with E-state index >= 15 is 0 Å². The first-order chi connectivity index (χ1) is 9.51. The van der Waals surface area contributed by atoms with E-state index < -0.39 is 17.6 Å². The van der Waals surface area contributed by atoms with Gasteiger partial charge in [-0.1, -0.05) is 43.2 Å². The lowest BCUT2D eigenvalue weighted by Gasteiger charge is -2.08. The molecule has 0 radical (unpaired) electrons. The third-order valence-electron chi connectivity index (χ3n) is 2.81. The van der Waals surface area contributed by atoms with E-state index in [-0.39, 0.29) is 18.6 Å². The minimum atomic E-state index is -1.08. The van der Waals surface area contributed by atoms with Crippen LogP contribution in [-0.2, 0) is 9.53 Å². The van der Waals surface area contributed by atoms with Gasteiger partial charge in [0.25, 0.3) is 0 Å². The lowest BCUT2D eigenvalue weighted by molar-refractivity contribution is -0.140. The molecule has 1 aromatic carbocycles. The van der Waals surface area contributed by atoms with Crippen molar-refractivity contribution in [2.24, 2.45) is 0 Å². The van der Waals surface area contributed by atoms with Gasteiger partial charge in [-0.05, 0) is 20.3 Å². The number of allylic oxidation sites excluding steroid dienone is 1. The van der Waals surface area contributed by atoms with Gasteiger partial charge in [0, 0.05) is 11.1 Å². The van der Waals surface area contributed by atoms with E-state index in [4.69, 9.17) is 0 Å². The maximum Gasteiger partial charge on any atom is 0.367 e. The number of aryl methyl sites for hydroxylation is 1. The summed E-state index contributed by atoms with van der Waals surface area (Å²) in [7, 11) is 0.